The Kier molecular flexibility index (Phi) is 7.96. The molecule has 1 aliphatic heterocycles. The van der Waals surface area contributed by atoms with Gasteiger partial charge in [0.2, 0.25) is 11.7 Å². The minimum atomic E-state index is -1.73. The van der Waals surface area contributed by atoms with Crippen molar-refractivity contribution in [1.29, 1.82) is 0 Å². The number of esters is 2. The lowest BCUT2D eigenvalue weighted by Crippen LogP contribution is -2.62. The standard InChI is InChI=1S/C31H43NO9/c1-29-12-10-19(33)15-18(29)6-7-20-21-11-13-31(39,30(21,2)16-23(34)27(20)29)24(35)17-41-26(37)9-8-25(36)32-14-4-5-22(32)28(38)40-3/h15,20-23,27,34,39H,4-14,16-17H2,1-3H3/t20-,21+,22-,23-,27+,29-,30-,31-/m0/s1. The number of hydrogen-bond acceptors (Lipinski definition) is 9. The number of likely N-dealkylation sites (tertiary alicyclic amines) is 1. The number of hydrogen-bond donors (Lipinski definition) is 2. The van der Waals surface area contributed by atoms with Gasteiger partial charge in [-0.25, -0.2) is 4.79 Å². The third-order valence-corrected chi connectivity index (χ3v) is 11.5. The maximum Gasteiger partial charge on any atom is 0.328 e. The van der Waals surface area contributed by atoms with Crippen molar-refractivity contribution in [3.8, 4) is 0 Å². The molecule has 10 nitrogen and oxygen atoms in total. The Balaban J connectivity index is 1.20. The van der Waals surface area contributed by atoms with E-state index in [9.17, 15) is 34.2 Å². The SMILES string of the molecule is COC(=O)[C@@H]1CCCN1C(=O)CCC(=O)OCC(=O)[C@@]1(O)CC[C@@H]2[C@@H]3CCC4=CC(=O)CC[C@]4(C)[C@H]3[C@@H](O)C[C@@]21C. The van der Waals surface area contributed by atoms with Gasteiger partial charge in [0.05, 0.1) is 19.6 Å². The lowest BCUT2D eigenvalue weighted by atomic mass is 9.45. The molecular weight excluding hydrogens is 530 g/mol. The number of ether oxygens (including phenoxy) is 2. The number of aliphatic hydroxyl groups is 2. The molecule has 0 aromatic carbocycles. The van der Waals surface area contributed by atoms with Gasteiger partial charge in [0.25, 0.3) is 0 Å². The zero-order valence-electron chi connectivity index (χ0n) is 24.4. The molecule has 1 saturated heterocycles. The molecule has 0 aromatic heterocycles. The number of carbonyl (C=O) groups excluding carboxylic acids is 5. The van der Waals surface area contributed by atoms with Crippen molar-refractivity contribution >= 4 is 29.4 Å². The fraction of sp³-hybridized carbons (Fsp3) is 0.774. The van der Waals surface area contributed by atoms with Crippen LogP contribution in [0.25, 0.3) is 0 Å². The third kappa shape index (κ3) is 4.84. The van der Waals surface area contributed by atoms with Gasteiger partial charge in [-0.1, -0.05) is 19.4 Å². The smallest absolute Gasteiger partial charge is 0.328 e. The first-order valence-electron chi connectivity index (χ1n) is 15.1. The first kappa shape index (κ1) is 29.9. The third-order valence-electron chi connectivity index (χ3n) is 11.5. The minimum absolute atomic E-state index is 0.0254. The molecule has 4 aliphatic carbocycles. The molecule has 5 rings (SSSR count). The number of carbonyl (C=O) groups is 5. The number of ketones is 2. The molecule has 2 N–H and O–H groups in total. The first-order valence-corrected chi connectivity index (χ1v) is 15.1. The number of nitrogens with zero attached hydrogens (tertiary/aromatic N) is 1. The second kappa shape index (κ2) is 10.9. The van der Waals surface area contributed by atoms with Crippen LogP contribution in [-0.2, 0) is 33.4 Å². The van der Waals surface area contributed by atoms with Crippen LogP contribution in [0, 0.1) is 28.6 Å². The van der Waals surface area contributed by atoms with Gasteiger partial charge < -0.3 is 24.6 Å². The summed E-state index contributed by atoms with van der Waals surface area (Å²) >= 11 is 0. The van der Waals surface area contributed by atoms with E-state index in [2.05, 4.69) is 6.92 Å². The normalized spacial score (nSPS) is 39.7. The predicted molar refractivity (Wildman–Crippen MR) is 145 cm³/mol. The summed E-state index contributed by atoms with van der Waals surface area (Å²) in [7, 11) is 1.27. The van der Waals surface area contributed by atoms with Crippen LogP contribution in [0.2, 0.25) is 0 Å². The topological polar surface area (TPSA) is 148 Å². The van der Waals surface area contributed by atoms with Crippen LogP contribution in [0.15, 0.2) is 11.6 Å². The zero-order valence-corrected chi connectivity index (χ0v) is 24.4. The van der Waals surface area contributed by atoms with E-state index in [0.29, 0.717) is 38.6 Å². The molecule has 3 saturated carbocycles. The number of Topliss-reactive ketones (excluding diaryl/α,β-unsaturated/α-hetero) is 1. The monoisotopic (exact) mass is 573 g/mol. The molecule has 0 bridgehead atoms. The molecule has 41 heavy (non-hydrogen) atoms. The zero-order chi connectivity index (χ0) is 29.7. The Hall–Kier alpha value is -2.59. The quantitative estimate of drug-likeness (QED) is 0.438. The van der Waals surface area contributed by atoms with E-state index in [1.807, 2.05) is 6.92 Å². The predicted octanol–water partition coefficient (Wildman–Crippen LogP) is 2.28. The Morgan fingerprint density at radius 3 is 2.56 bits per heavy atom. The lowest BCUT2D eigenvalue weighted by molar-refractivity contribution is -0.184. The van der Waals surface area contributed by atoms with Crippen molar-refractivity contribution in [1.82, 2.24) is 4.90 Å². The molecule has 0 radical (unpaired) electrons. The number of aliphatic hydroxyl groups excluding tert-OH is 1. The van der Waals surface area contributed by atoms with Gasteiger partial charge in [-0.15, -0.1) is 0 Å². The van der Waals surface area contributed by atoms with E-state index in [4.69, 9.17) is 9.47 Å². The van der Waals surface area contributed by atoms with E-state index in [0.717, 1.165) is 18.4 Å². The Morgan fingerprint density at radius 2 is 1.83 bits per heavy atom. The summed E-state index contributed by atoms with van der Waals surface area (Å²) in [6.45, 7) is 3.86. The van der Waals surface area contributed by atoms with Crippen LogP contribution >= 0.6 is 0 Å². The molecule has 1 heterocycles. The molecule has 0 spiro atoms. The highest BCUT2D eigenvalue weighted by molar-refractivity contribution is 5.92. The largest absolute Gasteiger partial charge is 0.467 e. The highest BCUT2D eigenvalue weighted by Crippen LogP contribution is 2.67. The molecule has 5 aliphatic rings. The fourth-order valence-electron chi connectivity index (χ4n) is 9.29. The van der Waals surface area contributed by atoms with E-state index in [1.54, 1.807) is 6.08 Å². The summed E-state index contributed by atoms with van der Waals surface area (Å²) in [6, 6.07) is -0.643. The van der Waals surface area contributed by atoms with Crippen LogP contribution in [0.1, 0.15) is 84.5 Å². The Morgan fingerprint density at radius 1 is 1.07 bits per heavy atom. The Bertz CT molecular complexity index is 1160. The fourth-order valence-corrected chi connectivity index (χ4v) is 9.29. The average Bonchev–Trinajstić information content (AvgIpc) is 3.53. The average molecular weight is 574 g/mol. The van der Waals surface area contributed by atoms with Gasteiger partial charge in [0.1, 0.15) is 11.6 Å². The van der Waals surface area contributed by atoms with Gasteiger partial charge in [-0.05, 0) is 80.6 Å². The van der Waals surface area contributed by atoms with Crippen molar-refractivity contribution in [2.45, 2.75) is 102 Å². The van der Waals surface area contributed by atoms with E-state index in [1.165, 1.54) is 12.0 Å². The van der Waals surface area contributed by atoms with Crippen molar-refractivity contribution in [2.24, 2.45) is 28.6 Å². The second-order valence-corrected chi connectivity index (χ2v) is 13.3. The van der Waals surface area contributed by atoms with Gasteiger partial charge in [-0.3, -0.25) is 19.2 Å². The maximum atomic E-state index is 13.4. The molecule has 226 valence electrons. The van der Waals surface area contributed by atoms with Gasteiger partial charge in [0, 0.05) is 24.8 Å². The van der Waals surface area contributed by atoms with E-state index >= 15 is 0 Å². The molecule has 10 heteroatoms. The number of allylic oxidation sites excluding steroid dienone is 1. The molecule has 8 atom stereocenters. The highest BCUT2D eigenvalue weighted by Gasteiger charge is 2.68. The summed E-state index contributed by atoms with van der Waals surface area (Å²) in [5.41, 5.74) is -1.74. The summed E-state index contributed by atoms with van der Waals surface area (Å²) in [5.74, 6) is -1.87. The summed E-state index contributed by atoms with van der Waals surface area (Å²) in [4.78, 5) is 64.0. The van der Waals surface area contributed by atoms with Crippen LogP contribution in [0.5, 0.6) is 0 Å². The van der Waals surface area contributed by atoms with Gasteiger partial charge in [0.15, 0.2) is 12.4 Å². The van der Waals surface area contributed by atoms with E-state index in [-0.39, 0.29) is 60.5 Å². The number of fused-ring (bicyclic) bond motifs is 5. The summed E-state index contributed by atoms with van der Waals surface area (Å²) < 4.78 is 9.99. The number of methoxy groups -OCH3 is 1. The van der Waals surface area contributed by atoms with Crippen molar-refractivity contribution in [3.63, 3.8) is 0 Å². The van der Waals surface area contributed by atoms with Crippen molar-refractivity contribution in [2.75, 3.05) is 20.3 Å². The summed E-state index contributed by atoms with van der Waals surface area (Å²) in [5, 5.41) is 23.3. The lowest BCUT2D eigenvalue weighted by Gasteiger charge is -2.60. The van der Waals surface area contributed by atoms with Crippen LogP contribution in [0.4, 0.5) is 0 Å². The first-order chi connectivity index (χ1) is 19.4. The van der Waals surface area contributed by atoms with Crippen molar-refractivity contribution < 1.29 is 43.7 Å². The number of amides is 1. The van der Waals surface area contributed by atoms with Crippen LogP contribution < -0.4 is 0 Å². The molecular formula is C31H43NO9. The van der Waals surface area contributed by atoms with E-state index < -0.39 is 47.5 Å². The maximum absolute atomic E-state index is 13.4. The summed E-state index contributed by atoms with van der Waals surface area (Å²) in [6.07, 6.45) is 5.75. The van der Waals surface area contributed by atoms with Crippen LogP contribution in [-0.4, -0.2) is 82.5 Å². The Labute approximate surface area is 240 Å². The van der Waals surface area contributed by atoms with Crippen LogP contribution in [0.3, 0.4) is 0 Å². The van der Waals surface area contributed by atoms with Gasteiger partial charge in [-0.2, -0.15) is 0 Å². The number of rotatable bonds is 7. The minimum Gasteiger partial charge on any atom is -0.467 e. The molecule has 0 aromatic rings. The molecule has 1 amide bonds. The van der Waals surface area contributed by atoms with Crippen molar-refractivity contribution in [3.05, 3.63) is 11.6 Å². The molecule has 0 unspecified atom stereocenters. The highest BCUT2D eigenvalue weighted by atomic mass is 16.5. The second-order valence-electron chi connectivity index (χ2n) is 13.3. The molecule has 4 fully saturated rings. The van der Waals surface area contributed by atoms with Gasteiger partial charge >= 0.3 is 11.9 Å².